The molecule has 1 fully saturated rings. The van der Waals surface area contributed by atoms with E-state index in [2.05, 4.69) is 39.0 Å². The Bertz CT molecular complexity index is 790. The van der Waals surface area contributed by atoms with Crippen LogP contribution in [-0.2, 0) is 4.74 Å². The second-order valence-electron chi connectivity index (χ2n) is 5.30. The molecule has 6 nitrogen and oxygen atoms in total. The number of anilines is 2. The molecule has 0 amide bonds. The monoisotopic (exact) mass is 343 g/mol. The van der Waals surface area contributed by atoms with Crippen LogP contribution in [0.25, 0.3) is 15.8 Å². The van der Waals surface area contributed by atoms with Gasteiger partial charge < -0.3 is 9.64 Å². The summed E-state index contributed by atoms with van der Waals surface area (Å²) in [7, 11) is 0. The SMILES string of the molecule is C=C/C=C(\C=C/C)c1cc2nc(NN)nc(N3CCOCC3)c2s1. The molecule has 0 aromatic carbocycles. The molecule has 2 aromatic heterocycles. The molecule has 1 saturated heterocycles. The Kier molecular flexibility index (Phi) is 5.24. The number of nitrogens with two attached hydrogens (primary N) is 1. The van der Waals surface area contributed by atoms with Gasteiger partial charge in [0.15, 0.2) is 5.82 Å². The molecular weight excluding hydrogens is 322 g/mol. The third kappa shape index (κ3) is 3.33. The van der Waals surface area contributed by atoms with Gasteiger partial charge >= 0.3 is 0 Å². The molecule has 0 aliphatic carbocycles. The highest BCUT2D eigenvalue weighted by atomic mass is 32.1. The summed E-state index contributed by atoms with van der Waals surface area (Å²) >= 11 is 1.68. The fourth-order valence-electron chi connectivity index (χ4n) is 2.64. The number of nitrogens with zero attached hydrogens (tertiary/aromatic N) is 3. The van der Waals surface area contributed by atoms with E-state index in [1.165, 1.54) is 0 Å². The van der Waals surface area contributed by atoms with E-state index in [4.69, 9.17) is 10.6 Å². The number of hydrazine groups is 1. The smallest absolute Gasteiger partial charge is 0.239 e. The number of hydrogen-bond donors (Lipinski definition) is 2. The molecule has 1 aliphatic heterocycles. The molecule has 24 heavy (non-hydrogen) atoms. The summed E-state index contributed by atoms with van der Waals surface area (Å²) in [6.45, 7) is 8.83. The number of nitrogens with one attached hydrogen (secondary N) is 1. The maximum absolute atomic E-state index is 5.55. The minimum atomic E-state index is 0.425. The number of morpholine rings is 1. The average Bonchev–Trinajstić information content (AvgIpc) is 3.05. The van der Waals surface area contributed by atoms with Gasteiger partial charge in [-0.05, 0) is 18.6 Å². The molecule has 126 valence electrons. The maximum Gasteiger partial charge on any atom is 0.239 e. The Morgan fingerprint density at radius 3 is 2.88 bits per heavy atom. The summed E-state index contributed by atoms with van der Waals surface area (Å²) in [6.07, 6.45) is 7.87. The van der Waals surface area contributed by atoms with Crippen molar-refractivity contribution in [2.45, 2.75) is 6.92 Å². The Morgan fingerprint density at radius 1 is 1.42 bits per heavy atom. The Balaban J connectivity index is 2.13. The van der Waals surface area contributed by atoms with E-state index in [0.29, 0.717) is 19.2 Å². The topological polar surface area (TPSA) is 76.3 Å². The van der Waals surface area contributed by atoms with Gasteiger partial charge in [0, 0.05) is 18.0 Å². The normalized spacial score (nSPS) is 16.1. The zero-order valence-electron chi connectivity index (χ0n) is 13.7. The van der Waals surface area contributed by atoms with Crippen LogP contribution < -0.4 is 16.2 Å². The van der Waals surface area contributed by atoms with Crippen LogP contribution in [0.5, 0.6) is 0 Å². The predicted molar refractivity (Wildman–Crippen MR) is 101 cm³/mol. The van der Waals surface area contributed by atoms with E-state index in [1.807, 2.05) is 19.1 Å². The first-order valence-electron chi connectivity index (χ1n) is 7.83. The third-order valence-electron chi connectivity index (χ3n) is 3.72. The molecule has 2 aromatic rings. The zero-order chi connectivity index (χ0) is 16.9. The summed E-state index contributed by atoms with van der Waals surface area (Å²) < 4.78 is 6.51. The molecule has 3 heterocycles. The molecule has 1 aliphatic rings. The summed E-state index contributed by atoms with van der Waals surface area (Å²) in [4.78, 5) is 12.4. The van der Waals surface area contributed by atoms with Crippen molar-refractivity contribution in [3.63, 3.8) is 0 Å². The van der Waals surface area contributed by atoms with Crippen molar-refractivity contribution in [3.05, 3.63) is 41.8 Å². The van der Waals surface area contributed by atoms with Crippen LogP contribution in [-0.4, -0.2) is 36.3 Å². The Morgan fingerprint density at radius 2 is 2.21 bits per heavy atom. The number of ether oxygens (including phenoxy) is 1. The number of fused-ring (bicyclic) bond motifs is 1. The molecule has 0 atom stereocenters. The van der Waals surface area contributed by atoms with Crippen LogP contribution in [0.4, 0.5) is 11.8 Å². The van der Waals surface area contributed by atoms with Crippen molar-refractivity contribution in [1.29, 1.82) is 0 Å². The standard InChI is InChI=1S/C17H21N5OS/c1-3-5-12(6-4-2)14-11-13-15(24-14)16(20-17(19-13)21-18)22-7-9-23-10-8-22/h3-6,11H,1,7-10,18H2,2H3,(H,19,20,21)/b6-4-,12-5+. The minimum absolute atomic E-state index is 0.425. The summed E-state index contributed by atoms with van der Waals surface area (Å²) in [5.41, 5.74) is 4.56. The van der Waals surface area contributed by atoms with E-state index >= 15 is 0 Å². The van der Waals surface area contributed by atoms with E-state index in [-0.39, 0.29) is 0 Å². The molecule has 3 N–H and O–H groups in total. The second-order valence-corrected chi connectivity index (χ2v) is 6.35. The first kappa shape index (κ1) is 16.6. The minimum Gasteiger partial charge on any atom is -0.378 e. The van der Waals surface area contributed by atoms with Crippen LogP contribution in [0.15, 0.2) is 36.9 Å². The molecule has 0 unspecified atom stereocenters. The maximum atomic E-state index is 5.55. The number of allylic oxidation sites excluding steroid dienone is 5. The van der Waals surface area contributed by atoms with E-state index in [1.54, 1.807) is 17.4 Å². The quantitative estimate of drug-likeness (QED) is 0.494. The van der Waals surface area contributed by atoms with Crippen molar-refractivity contribution in [2.24, 2.45) is 5.84 Å². The number of rotatable bonds is 5. The largest absolute Gasteiger partial charge is 0.378 e. The fraction of sp³-hybridized carbons (Fsp3) is 0.294. The van der Waals surface area contributed by atoms with Gasteiger partial charge in [-0.25, -0.2) is 10.8 Å². The number of nitrogen functional groups attached to an aromatic ring is 1. The Hall–Kier alpha value is -2.22. The van der Waals surface area contributed by atoms with Gasteiger partial charge in [0.1, 0.15) is 0 Å². The second kappa shape index (κ2) is 7.57. The van der Waals surface area contributed by atoms with Crippen molar-refractivity contribution in [2.75, 3.05) is 36.6 Å². The third-order valence-corrected chi connectivity index (χ3v) is 4.89. The van der Waals surface area contributed by atoms with Crippen molar-refractivity contribution in [1.82, 2.24) is 9.97 Å². The lowest BCUT2D eigenvalue weighted by Gasteiger charge is -2.28. The van der Waals surface area contributed by atoms with Gasteiger partial charge in [-0.15, -0.1) is 11.3 Å². The molecule has 7 heteroatoms. The lowest BCUT2D eigenvalue weighted by molar-refractivity contribution is 0.122. The first-order valence-corrected chi connectivity index (χ1v) is 8.65. The van der Waals surface area contributed by atoms with Gasteiger partial charge in [-0.1, -0.05) is 30.9 Å². The van der Waals surface area contributed by atoms with Crippen molar-refractivity contribution < 1.29 is 4.74 Å². The Labute approximate surface area is 145 Å². The van der Waals surface area contributed by atoms with Crippen molar-refractivity contribution in [3.8, 4) is 0 Å². The van der Waals surface area contributed by atoms with Crippen LogP contribution in [0.3, 0.4) is 0 Å². The fourth-order valence-corrected chi connectivity index (χ4v) is 3.76. The summed E-state index contributed by atoms with van der Waals surface area (Å²) in [5, 5.41) is 0. The molecule has 3 rings (SSSR count). The van der Waals surface area contributed by atoms with Gasteiger partial charge in [0.25, 0.3) is 0 Å². The lowest BCUT2D eigenvalue weighted by Crippen LogP contribution is -2.37. The molecular formula is C17H21N5OS. The summed E-state index contributed by atoms with van der Waals surface area (Å²) in [6, 6.07) is 2.07. The molecule has 0 bridgehead atoms. The van der Waals surface area contributed by atoms with Crippen molar-refractivity contribution >= 4 is 38.9 Å². The predicted octanol–water partition coefficient (Wildman–Crippen LogP) is 2.96. The molecule has 0 spiro atoms. The van der Waals surface area contributed by atoms with E-state index in [0.717, 1.165) is 39.6 Å². The zero-order valence-corrected chi connectivity index (χ0v) is 14.5. The highest BCUT2D eigenvalue weighted by Gasteiger charge is 2.19. The van der Waals surface area contributed by atoms with Crippen LogP contribution in [0.2, 0.25) is 0 Å². The molecule has 0 saturated carbocycles. The number of aromatic nitrogens is 2. The van der Waals surface area contributed by atoms with Crippen LogP contribution in [0.1, 0.15) is 11.8 Å². The first-order chi connectivity index (χ1) is 11.8. The van der Waals surface area contributed by atoms with E-state index in [9.17, 15) is 0 Å². The highest BCUT2D eigenvalue weighted by molar-refractivity contribution is 7.20. The highest BCUT2D eigenvalue weighted by Crippen LogP contribution is 2.36. The van der Waals surface area contributed by atoms with Gasteiger partial charge in [0.2, 0.25) is 5.95 Å². The van der Waals surface area contributed by atoms with Gasteiger partial charge in [-0.2, -0.15) is 4.98 Å². The van der Waals surface area contributed by atoms with Gasteiger partial charge in [-0.3, -0.25) is 5.43 Å². The summed E-state index contributed by atoms with van der Waals surface area (Å²) in [5.74, 6) is 6.88. The average molecular weight is 343 g/mol. The molecule has 0 radical (unpaired) electrons. The number of thiophene rings is 1. The van der Waals surface area contributed by atoms with Gasteiger partial charge in [0.05, 0.1) is 23.4 Å². The number of hydrogen-bond acceptors (Lipinski definition) is 7. The van der Waals surface area contributed by atoms with Crippen LogP contribution in [0, 0.1) is 0 Å². The van der Waals surface area contributed by atoms with E-state index < -0.39 is 0 Å². The lowest BCUT2D eigenvalue weighted by atomic mass is 10.2. The van der Waals surface area contributed by atoms with Crippen LogP contribution >= 0.6 is 11.3 Å².